The molecule has 0 fully saturated rings. The predicted octanol–water partition coefficient (Wildman–Crippen LogP) is 12.3. The molecule has 0 spiro atoms. The van der Waals surface area contributed by atoms with Crippen molar-refractivity contribution in [2.75, 3.05) is 39.6 Å². The summed E-state index contributed by atoms with van der Waals surface area (Å²) in [4.78, 5) is 11.8. The second-order valence-corrected chi connectivity index (χ2v) is 14.8. The molecule has 0 aliphatic heterocycles. The molecule has 2 N–H and O–H groups in total. The van der Waals surface area contributed by atoms with E-state index in [1.54, 1.807) is 0 Å². The van der Waals surface area contributed by atoms with Crippen LogP contribution in [0.4, 0.5) is 4.79 Å². The van der Waals surface area contributed by atoms with E-state index in [0.717, 1.165) is 32.3 Å². The number of aliphatic hydroxyl groups excluding tert-OH is 1. The highest BCUT2D eigenvalue weighted by molar-refractivity contribution is 5.67. The van der Waals surface area contributed by atoms with Crippen LogP contribution in [0.15, 0.2) is 0 Å². The molecule has 0 radical (unpaired) electrons. The van der Waals surface area contributed by atoms with Crippen molar-refractivity contribution in [3.8, 4) is 0 Å². The SMILES string of the molecule is CCCCCCCCCCCCCCO.CCCCCCCCCCCCCCOCCCNC(=O)OCC(C)(C)OCCC(C)C. The average molecular weight is 672 g/mol. The predicted molar refractivity (Wildman–Crippen MR) is 204 cm³/mol. The summed E-state index contributed by atoms with van der Waals surface area (Å²) in [7, 11) is 0. The molecule has 6 nitrogen and oxygen atoms in total. The Labute approximate surface area is 294 Å². The van der Waals surface area contributed by atoms with Crippen LogP contribution < -0.4 is 5.32 Å². The molecule has 0 atom stereocenters. The summed E-state index contributed by atoms with van der Waals surface area (Å²) in [6.45, 7) is 16.2. The first-order valence-corrected chi connectivity index (χ1v) is 20.5. The zero-order chi connectivity index (χ0) is 35.1. The molecule has 0 aromatic carbocycles. The van der Waals surface area contributed by atoms with Crippen molar-refractivity contribution in [1.82, 2.24) is 5.32 Å². The van der Waals surface area contributed by atoms with E-state index >= 15 is 0 Å². The third kappa shape index (κ3) is 45.1. The lowest BCUT2D eigenvalue weighted by Gasteiger charge is -2.25. The monoisotopic (exact) mass is 672 g/mol. The van der Waals surface area contributed by atoms with Gasteiger partial charge in [-0.05, 0) is 45.4 Å². The van der Waals surface area contributed by atoms with Crippen molar-refractivity contribution in [2.45, 2.75) is 214 Å². The molecule has 0 saturated heterocycles. The Morgan fingerprint density at radius 3 is 1.43 bits per heavy atom. The maximum atomic E-state index is 11.8. The number of aliphatic hydroxyl groups is 1. The molecule has 0 saturated carbocycles. The Kier molecular flexibility index (Phi) is 40.7. The van der Waals surface area contributed by atoms with Crippen molar-refractivity contribution in [2.24, 2.45) is 5.92 Å². The third-order valence-corrected chi connectivity index (χ3v) is 8.63. The van der Waals surface area contributed by atoms with Gasteiger partial charge in [-0.3, -0.25) is 0 Å². The minimum Gasteiger partial charge on any atom is -0.447 e. The maximum Gasteiger partial charge on any atom is 0.407 e. The summed E-state index contributed by atoms with van der Waals surface area (Å²) in [5.41, 5.74) is -0.455. The average Bonchev–Trinajstić information content (AvgIpc) is 3.04. The molecular formula is C41H85NO5. The van der Waals surface area contributed by atoms with Crippen molar-refractivity contribution < 1.29 is 24.1 Å². The van der Waals surface area contributed by atoms with E-state index in [4.69, 9.17) is 19.3 Å². The quantitative estimate of drug-likeness (QED) is 0.0656. The number of hydrogen-bond donors (Lipinski definition) is 2. The largest absolute Gasteiger partial charge is 0.447 e. The van der Waals surface area contributed by atoms with E-state index in [0.29, 0.717) is 32.3 Å². The highest BCUT2D eigenvalue weighted by atomic mass is 16.6. The molecule has 0 aromatic rings. The van der Waals surface area contributed by atoms with Crippen LogP contribution in [-0.2, 0) is 14.2 Å². The summed E-state index contributed by atoms with van der Waals surface area (Å²) < 4.78 is 16.8. The van der Waals surface area contributed by atoms with Crippen LogP contribution >= 0.6 is 0 Å². The number of alkyl carbamates (subject to hydrolysis) is 1. The molecule has 0 heterocycles. The van der Waals surface area contributed by atoms with Gasteiger partial charge in [-0.1, -0.05) is 169 Å². The van der Waals surface area contributed by atoms with Crippen LogP contribution in [0, 0.1) is 5.92 Å². The van der Waals surface area contributed by atoms with Gasteiger partial charge in [0.1, 0.15) is 6.61 Å². The fraction of sp³-hybridized carbons (Fsp3) is 0.976. The van der Waals surface area contributed by atoms with Gasteiger partial charge in [0, 0.05) is 33.0 Å². The van der Waals surface area contributed by atoms with Gasteiger partial charge in [0.2, 0.25) is 0 Å². The van der Waals surface area contributed by atoms with Gasteiger partial charge < -0.3 is 24.6 Å². The Morgan fingerprint density at radius 2 is 1.00 bits per heavy atom. The minimum absolute atomic E-state index is 0.256. The summed E-state index contributed by atoms with van der Waals surface area (Å²) >= 11 is 0. The topological polar surface area (TPSA) is 77.0 Å². The lowest BCUT2D eigenvalue weighted by atomic mass is 10.1. The van der Waals surface area contributed by atoms with E-state index in [9.17, 15) is 4.79 Å². The Balaban J connectivity index is 0. The second kappa shape index (κ2) is 39.6. The van der Waals surface area contributed by atoms with Crippen LogP contribution in [0.3, 0.4) is 0 Å². The minimum atomic E-state index is -0.455. The normalized spacial score (nSPS) is 11.5. The molecule has 0 aliphatic rings. The van der Waals surface area contributed by atoms with Gasteiger partial charge in [0.15, 0.2) is 0 Å². The van der Waals surface area contributed by atoms with E-state index in [1.165, 1.54) is 141 Å². The number of ether oxygens (including phenoxy) is 3. The number of hydrogen-bond acceptors (Lipinski definition) is 5. The van der Waals surface area contributed by atoms with Crippen LogP contribution in [0.5, 0.6) is 0 Å². The number of carbonyl (C=O) groups is 1. The van der Waals surface area contributed by atoms with Crippen LogP contribution in [0.2, 0.25) is 0 Å². The Morgan fingerprint density at radius 1 is 0.596 bits per heavy atom. The number of amides is 1. The molecule has 0 aliphatic carbocycles. The van der Waals surface area contributed by atoms with Crippen LogP contribution in [0.1, 0.15) is 208 Å². The first-order chi connectivity index (χ1) is 22.8. The van der Waals surface area contributed by atoms with E-state index in [2.05, 4.69) is 33.0 Å². The Hall–Kier alpha value is -0.850. The van der Waals surface area contributed by atoms with Crippen molar-refractivity contribution in [3.05, 3.63) is 0 Å². The summed E-state index contributed by atoms with van der Waals surface area (Å²) in [6, 6.07) is 0. The van der Waals surface area contributed by atoms with Crippen LogP contribution in [0.25, 0.3) is 0 Å². The van der Waals surface area contributed by atoms with Gasteiger partial charge in [-0.25, -0.2) is 4.79 Å². The first-order valence-electron chi connectivity index (χ1n) is 20.5. The molecular weight excluding hydrogens is 586 g/mol. The number of carbonyl (C=O) groups excluding carboxylic acids is 1. The molecule has 1 amide bonds. The Bertz CT molecular complexity index is 586. The van der Waals surface area contributed by atoms with Crippen molar-refractivity contribution in [3.63, 3.8) is 0 Å². The first kappa shape index (κ1) is 48.3. The van der Waals surface area contributed by atoms with Gasteiger partial charge in [0.25, 0.3) is 0 Å². The fourth-order valence-corrected chi connectivity index (χ4v) is 5.37. The number of nitrogens with one attached hydrogen (secondary N) is 1. The maximum absolute atomic E-state index is 11.8. The summed E-state index contributed by atoms with van der Waals surface area (Å²) in [6.07, 6.45) is 34.0. The highest BCUT2D eigenvalue weighted by Crippen LogP contribution is 2.14. The molecule has 0 bridgehead atoms. The van der Waals surface area contributed by atoms with Gasteiger partial charge >= 0.3 is 6.09 Å². The molecule has 0 rings (SSSR count). The molecule has 284 valence electrons. The van der Waals surface area contributed by atoms with Crippen molar-refractivity contribution >= 4 is 6.09 Å². The molecule has 6 heteroatoms. The summed E-state index contributed by atoms with van der Waals surface area (Å²) in [5, 5.41) is 11.4. The van der Waals surface area contributed by atoms with E-state index in [1.807, 2.05) is 13.8 Å². The smallest absolute Gasteiger partial charge is 0.407 e. The zero-order valence-corrected chi connectivity index (χ0v) is 32.8. The van der Waals surface area contributed by atoms with E-state index in [-0.39, 0.29) is 12.7 Å². The molecule has 47 heavy (non-hydrogen) atoms. The zero-order valence-electron chi connectivity index (χ0n) is 32.8. The molecule has 0 unspecified atom stereocenters. The van der Waals surface area contributed by atoms with Crippen molar-refractivity contribution in [1.29, 1.82) is 0 Å². The van der Waals surface area contributed by atoms with Crippen LogP contribution in [-0.4, -0.2) is 56.4 Å². The van der Waals surface area contributed by atoms with Gasteiger partial charge in [-0.15, -0.1) is 0 Å². The standard InChI is InChI=1S/C27H55NO4.C14H30O/c1-6-7-8-9-10-11-12-13-14-15-16-17-21-30-22-18-20-28-26(29)31-24-27(4,5)32-23-19-25(2)3;1-2-3-4-5-6-7-8-9-10-11-12-13-14-15/h25H,6-24H2,1-5H3,(H,28,29);15H,2-14H2,1H3. The number of unbranched alkanes of at least 4 members (excludes halogenated alkanes) is 22. The summed E-state index contributed by atoms with van der Waals surface area (Å²) in [5.74, 6) is 0.608. The molecule has 0 aromatic heterocycles. The van der Waals surface area contributed by atoms with Gasteiger partial charge in [-0.2, -0.15) is 0 Å². The van der Waals surface area contributed by atoms with E-state index < -0.39 is 5.60 Å². The second-order valence-electron chi connectivity index (χ2n) is 14.8. The number of rotatable bonds is 35. The third-order valence-electron chi connectivity index (χ3n) is 8.63. The lowest BCUT2D eigenvalue weighted by Crippen LogP contribution is -2.36. The highest BCUT2D eigenvalue weighted by Gasteiger charge is 2.21. The fourth-order valence-electron chi connectivity index (χ4n) is 5.37. The lowest BCUT2D eigenvalue weighted by molar-refractivity contribution is -0.0601. The van der Waals surface area contributed by atoms with Gasteiger partial charge in [0.05, 0.1) is 5.60 Å².